The van der Waals surface area contributed by atoms with Crippen LogP contribution in [0.3, 0.4) is 0 Å². The van der Waals surface area contributed by atoms with Crippen molar-refractivity contribution in [2.75, 3.05) is 5.32 Å². The van der Waals surface area contributed by atoms with E-state index in [0.29, 0.717) is 18.0 Å². The van der Waals surface area contributed by atoms with Crippen molar-refractivity contribution in [3.05, 3.63) is 63.7 Å². The van der Waals surface area contributed by atoms with Gasteiger partial charge >= 0.3 is 5.63 Å². The number of carbonyl (C=O) groups excluding carboxylic acids is 1. The van der Waals surface area contributed by atoms with Crippen molar-refractivity contribution in [3.63, 3.8) is 0 Å². The Hall–Kier alpha value is -1.78. The van der Waals surface area contributed by atoms with Crippen LogP contribution >= 0.6 is 23.2 Å². The van der Waals surface area contributed by atoms with Crippen molar-refractivity contribution in [1.29, 1.82) is 0 Å². The van der Waals surface area contributed by atoms with Crippen molar-refractivity contribution in [2.24, 2.45) is 0 Å². The van der Waals surface area contributed by atoms with Gasteiger partial charge in [-0.1, -0.05) is 53.5 Å². The van der Waals surface area contributed by atoms with E-state index < -0.39 is 16.2 Å². The molecule has 0 aliphatic heterocycles. The molecule has 0 radical (unpaired) electrons. The van der Waals surface area contributed by atoms with Crippen LogP contribution in [0.5, 0.6) is 0 Å². The molecule has 110 valence electrons. The van der Waals surface area contributed by atoms with E-state index in [1.807, 2.05) is 30.3 Å². The van der Waals surface area contributed by atoms with Crippen LogP contribution in [0, 0.1) is 6.92 Å². The van der Waals surface area contributed by atoms with Gasteiger partial charge in [-0.05, 0) is 12.5 Å². The Balaban J connectivity index is 2.33. The number of ketones is 1. The summed E-state index contributed by atoms with van der Waals surface area (Å²) in [5.41, 5.74) is 0.465. The van der Waals surface area contributed by atoms with Crippen LogP contribution in [0.15, 0.2) is 45.6 Å². The van der Waals surface area contributed by atoms with Gasteiger partial charge in [-0.2, -0.15) is 0 Å². The second kappa shape index (κ2) is 6.78. The summed E-state index contributed by atoms with van der Waals surface area (Å²) in [4.78, 5) is 22.5. The lowest BCUT2D eigenvalue weighted by atomic mass is 10.1. The van der Waals surface area contributed by atoms with Crippen LogP contribution in [-0.2, 0) is 6.54 Å². The van der Waals surface area contributed by atoms with Crippen LogP contribution in [0.25, 0.3) is 0 Å². The fourth-order valence-electron chi connectivity index (χ4n) is 1.89. The molecule has 21 heavy (non-hydrogen) atoms. The summed E-state index contributed by atoms with van der Waals surface area (Å²) >= 11 is 11.1. The number of hydrogen-bond acceptors (Lipinski definition) is 4. The molecular formula is C15H13Cl2NO3. The van der Waals surface area contributed by atoms with Gasteiger partial charge in [-0.25, -0.2) is 4.79 Å². The molecule has 0 bridgehead atoms. The molecule has 1 N–H and O–H groups in total. The van der Waals surface area contributed by atoms with Crippen LogP contribution in [0.2, 0.25) is 0 Å². The van der Waals surface area contributed by atoms with E-state index >= 15 is 0 Å². The van der Waals surface area contributed by atoms with Crippen molar-refractivity contribution in [3.8, 4) is 0 Å². The van der Waals surface area contributed by atoms with Crippen molar-refractivity contribution in [2.45, 2.75) is 18.3 Å². The monoisotopic (exact) mass is 325 g/mol. The molecule has 2 rings (SSSR count). The van der Waals surface area contributed by atoms with Crippen LogP contribution in [0.4, 0.5) is 5.69 Å². The standard InChI is InChI=1S/C15H13Cl2NO3/c1-9-7-11(18-8-10-5-3-2-4-6-10)12(15(20)21-9)13(19)14(16)17/h2-7,14,18H,8H2,1H3. The summed E-state index contributed by atoms with van der Waals surface area (Å²) in [6.45, 7) is 2.08. The summed E-state index contributed by atoms with van der Waals surface area (Å²) in [5, 5.41) is 3.05. The predicted molar refractivity (Wildman–Crippen MR) is 83.3 cm³/mol. The SMILES string of the molecule is Cc1cc(NCc2ccccc2)c(C(=O)C(Cl)Cl)c(=O)o1. The van der Waals surface area contributed by atoms with Gasteiger partial charge in [0.2, 0.25) is 5.78 Å². The Morgan fingerprint density at radius 3 is 2.57 bits per heavy atom. The van der Waals surface area contributed by atoms with Crippen molar-refractivity contribution < 1.29 is 9.21 Å². The highest BCUT2D eigenvalue weighted by molar-refractivity contribution is 6.55. The number of aryl methyl sites for hydroxylation is 1. The molecule has 1 heterocycles. The Kier molecular flexibility index (Phi) is 5.04. The molecule has 6 heteroatoms. The zero-order valence-electron chi connectivity index (χ0n) is 11.2. The molecular weight excluding hydrogens is 313 g/mol. The molecule has 1 aromatic heterocycles. The number of carbonyl (C=O) groups is 1. The summed E-state index contributed by atoms with van der Waals surface area (Å²) in [7, 11) is 0. The van der Waals surface area contributed by atoms with E-state index in [2.05, 4.69) is 5.32 Å². The Morgan fingerprint density at radius 1 is 1.29 bits per heavy atom. The number of hydrogen-bond donors (Lipinski definition) is 1. The number of nitrogens with one attached hydrogen (secondary N) is 1. The maximum absolute atomic E-state index is 11.9. The minimum Gasteiger partial charge on any atom is -0.428 e. The summed E-state index contributed by atoms with van der Waals surface area (Å²) in [5.74, 6) is -0.282. The molecule has 0 spiro atoms. The highest BCUT2D eigenvalue weighted by Gasteiger charge is 2.23. The number of anilines is 1. The molecule has 0 aliphatic carbocycles. The fourth-order valence-corrected chi connectivity index (χ4v) is 2.11. The van der Waals surface area contributed by atoms with Gasteiger partial charge in [0.1, 0.15) is 11.3 Å². The number of benzene rings is 1. The lowest BCUT2D eigenvalue weighted by Gasteiger charge is -2.11. The zero-order valence-corrected chi connectivity index (χ0v) is 12.7. The lowest BCUT2D eigenvalue weighted by molar-refractivity contribution is 0.100. The maximum atomic E-state index is 11.9. The molecule has 2 aromatic rings. The topological polar surface area (TPSA) is 59.3 Å². The minimum absolute atomic E-state index is 0.161. The van der Waals surface area contributed by atoms with Crippen LogP contribution < -0.4 is 10.9 Å². The summed E-state index contributed by atoms with van der Waals surface area (Å²) in [6, 6.07) is 11.2. The van der Waals surface area contributed by atoms with Gasteiger partial charge in [-0.15, -0.1) is 0 Å². The molecule has 1 aromatic carbocycles. The second-order valence-electron chi connectivity index (χ2n) is 4.44. The van der Waals surface area contributed by atoms with Crippen LogP contribution in [-0.4, -0.2) is 10.6 Å². The Labute approximate surface area is 131 Å². The molecule has 0 aliphatic rings. The lowest BCUT2D eigenvalue weighted by Crippen LogP contribution is -2.22. The first-order valence-electron chi connectivity index (χ1n) is 6.24. The molecule has 0 amide bonds. The number of Topliss-reactive ketones (excluding diaryl/α,β-unsaturated/α-hetero) is 1. The van der Waals surface area contributed by atoms with E-state index in [0.717, 1.165) is 5.56 Å². The van der Waals surface area contributed by atoms with Gasteiger partial charge in [0.05, 0.1) is 5.69 Å². The molecule has 4 nitrogen and oxygen atoms in total. The normalized spacial score (nSPS) is 10.7. The molecule has 0 saturated heterocycles. The Bertz CT molecular complexity index is 696. The molecule has 0 atom stereocenters. The van der Waals surface area contributed by atoms with E-state index in [9.17, 15) is 9.59 Å². The van der Waals surface area contributed by atoms with Crippen molar-refractivity contribution >= 4 is 34.7 Å². The maximum Gasteiger partial charge on any atom is 0.349 e. The van der Waals surface area contributed by atoms with E-state index in [1.54, 1.807) is 13.0 Å². The first-order chi connectivity index (χ1) is 9.99. The average molecular weight is 326 g/mol. The third kappa shape index (κ3) is 3.86. The first kappa shape index (κ1) is 15.6. The van der Waals surface area contributed by atoms with Crippen LogP contribution in [0.1, 0.15) is 21.7 Å². The summed E-state index contributed by atoms with van der Waals surface area (Å²) < 4.78 is 4.94. The zero-order chi connectivity index (χ0) is 15.4. The fraction of sp³-hybridized carbons (Fsp3) is 0.200. The van der Waals surface area contributed by atoms with E-state index in [4.69, 9.17) is 27.6 Å². The predicted octanol–water partition coefficient (Wildman–Crippen LogP) is 3.55. The van der Waals surface area contributed by atoms with Gasteiger partial charge in [0.25, 0.3) is 0 Å². The molecule has 0 unspecified atom stereocenters. The smallest absolute Gasteiger partial charge is 0.349 e. The molecule has 0 saturated carbocycles. The van der Waals surface area contributed by atoms with E-state index in [-0.39, 0.29) is 5.56 Å². The Morgan fingerprint density at radius 2 is 1.95 bits per heavy atom. The quantitative estimate of drug-likeness (QED) is 0.674. The highest BCUT2D eigenvalue weighted by Crippen LogP contribution is 2.19. The highest BCUT2D eigenvalue weighted by atomic mass is 35.5. The number of alkyl halides is 2. The third-order valence-electron chi connectivity index (χ3n) is 2.85. The average Bonchev–Trinajstić information content (AvgIpc) is 2.45. The van der Waals surface area contributed by atoms with Gasteiger partial charge in [0.15, 0.2) is 4.84 Å². The van der Waals surface area contributed by atoms with Gasteiger partial charge in [0, 0.05) is 12.6 Å². The van der Waals surface area contributed by atoms with E-state index in [1.165, 1.54) is 0 Å². The van der Waals surface area contributed by atoms with Gasteiger partial charge < -0.3 is 9.73 Å². The molecule has 0 fully saturated rings. The first-order valence-corrected chi connectivity index (χ1v) is 7.11. The number of halogens is 2. The second-order valence-corrected chi connectivity index (χ2v) is 5.53. The third-order valence-corrected chi connectivity index (χ3v) is 3.24. The number of rotatable bonds is 5. The minimum atomic E-state index is -1.31. The van der Waals surface area contributed by atoms with Crippen molar-refractivity contribution in [1.82, 2.24) is 0 Å². The van der Waals surface area contributed by atoms with Gasteiger partial charge in [-0.3, -0.25) is 4.79 Å². The summed E-state index contributed by atoms with van der Waals surface area (Å²) in [6.07, 6.45) is 0. The largest absolute Gasteiger partial charge is 0.428 e.